The molecular weight excluding hydrogens is 284 g/mol. The van der Waals surface area contributed by atoms with Gasteiger partial charge in [-0.2, -0.15) is 0 Å². The summed E-state index contributed by atoms with van der Waals surface area (Å²) in [6.07, 6.45) is 4.35. The van der Waals surface area contributed by atoms with E-state index < -0.39 is 10.0 Å². The van der Waals surface area contributed by atoms with E-state index in [1.807, 2.05) is 0 Å². The van der Waals surface area contributed by atoms with Crippen LogP contribution in [0.1, 0.15) is 33.1 Å². The van der Waals surface area contributed by atoms with Crippen LogP contribution >= 0.6 is 11.6 Å². The lowest BCUT2D eigenvalue weighted by molar-refractivity contribution is 0.257. The highest BCUT2D eigenvalue weighted by molar-refractivity contribution is 7.89. The lowest BCUT2D eigenvalue weighted by Gasteiger charge is -2.31. The van der Waals surface area contributed by atoms with E-state index in [4.69, 9.17) is 11.6 Å². The van der Waals surface area contributed by atoms with E-state index in [0.717, 1.165) is 12.8 Å². The molecule has 4 nitrogen and oxygen atoms in total. The van der Waals surface area contributed by atoms with Crippen LogP contribution in [0.4, 0.5) is 0 Å². The van der Waals surface area contributed by atoms with Crippen molar-refractivity contribution in [2.75, 3.05) is 0 Å². The zero-order valence-corrected chi connectivity index (χ0v) is 12.7. The second-order valence-corrected chi connectivity index (χ2v) is 7.65. The van der Waals surface area contributed by atoms with E-state index in [2.05, 4.69) is 23.6 Å². The fraction of sp³-hybridized carbons (Fsp3) is 0.615. The first-order valence-electron chi connectivity index (χ1n) is 6.50. The molecule has 1 aliphatic carbocycles. The summed E-state index contributed by atoms with van der Waals surface area (Å²) in [6.45, 7) is 4.33. The van der Waals surface area contributed by atoms with Gasteiger partial charge in [-0.05, 0) is 43.2 Å². The van der Waals surface area contributed by atoms with Crippen LogP contribution in [-0.2, 0) is 10.0 Å². The molecule has 1 heterocycles. The summed E-state index contributed by atoms with van der Waals surface area (Å²) in [5.74, 6) is 1.11. The van der Waals surface area contributed by atoms with Gasteiger partial charge in [0.25, 0.3) is 0 Å². The van der Waals surface area contributed by atoms with E-state index in [9.17, 15) is 8.42 Å². The van der Waals surface area contributed by atoms with E-state index in [1.165, 1.54) is 24.8 Å². The van der Waals surface area contributed by atoms with E-state index in [-0.39, 0.29) is 16.1 Å². The van der Waals surface area contributed by atoms with Crippen molar-refractivity contribution >= 4 is 21.6 Å². The predicted molar refractivity (Wildman–Crippen MR) is 75.5 cm³/mol. The van der Waals surface area contributed by atoms with Gasteiger partial charge < -0.3 is 0 Å². The van der Waals surface area contributed by atoms with Gasteiger partial charge in [-0.15, -0.1) is 0 Å². The smallest absolute Gasteiger partial charge is 0.240 e. The zero-order valence-electron chi connectivity index (χ0n) is 11.1. The minimum atomic E-state index is -3.50. The maximum absolute atomic E-state index is 12.3. The lowest BCUT2D eigenvalue weighted by Crippen LogP contribution is -2.39. The Bertz CT molecular complexity index is 537. The number of rotatable bonds is 3. The molecule has 0 aromatic carbocycles. The summed E-state index contributed by atoms with van der Waals surface area (Å²) < 4.78 is 27.3. The first-order chi connectivity index (χ1) is 8.87. The Morgan fingerprint density at radius 1 is 1.26 bits per heavy atom. The summed E-state index contributed by atoms with van der Waals surface area (Å²) in [6, 6.07) is 2.85. The fourth-order valence-corrected chi connectivity index (χ4v) is 4.40. The average Bonchev–Trinajstić information content (AvgIpc) is 2.26. The lowest BCUT2D eigenvalue weighted by atomic mass is 9.81. The van der Waals surface area contributed by atoms with E-state index >= 15 is 0 Å². The first kappa shape index (κ1) is 14.8. The third kappa shape index (κ3) is 3.91. The Labute approximate surface area is 119 Å². The van der Waals surface area contributed by atoms with Crippen molar-refractivity contribution < 1.29 is 8.42 Å². The summed E-state index contributed by atoms with van der Waals surface area (Å²) in [5.41, 5.74) is 0. The van der Waals surface area contributed by atoms with E-state index in [1.54, 1.807) is 0 Å². The molecule has 1 fully saturated rings. The highest BCUT2D eigenvalue weighted by Gasteiger charge is 2.28. The molecule has 0 radical (unpaired) electrons. The zero-order chi connectivity index (χ0) is 14.0. The van der Waals surface area contributed by atoms with Crippen LogP contribution in [0, 0.1) is 11.8 Å². The van der Waals surface area contributed by atoms with Crippen molar-refractivity contribution in [3.8, 4) is 0 Å². The van der Waals surface area contributed by atoms with Gasteiger partial charge in [0.15, 0.2) is 0 Å². The van der Waals surface area contributed by atoms with Crippen molar-refractivity contribution in [3.63, 3.8) is 0 Å². The second kappa shape index (κ2) is 5.77. The third-order valence-corrected chi connectivity index (χ3v) is 5.23. The van der Waals surface area contributed by atoms with Crippen LogP contribution < -0.4 is 4.72 Å². The maximum Gasteiger partial charge on any atom is 0.240 e. The van der Waals surface area contributed by atoms with Gasteiger partial charge in [0, 0.05) is 12.2 Å². The Morgan fingerprint density at radius 3 is 2.47 bits per heavy atom. The molecule has 0 amide bonds. The van der Waals surface area contributed by atoms with Crippen molar-refractivity contribution in [1.29, 1.82) is 0 Å². The summed E-state index contributed by atoms with van der Waals surface area (Å²) >= 11 is 5.74. The summed E-state index contributed by atoms with van der Waals surface area (Å²) in [5, 5.41) is 0.188. The molecule has 106 valence electrons. The number of nitrogens with zero attached hydrogens (tertiary/aromatic N) is 1. The highest BCUT2D eigenvalue weighted by atomic mass is 35.5. The van der Waals surface area contributed by atoms with Gasteiger partial charge in [0.1, 0.15) is 5.15 Å². The minimum absolute atomic E-state index is 0.00990. The van der Waals surface area contributed by atoms with Crippen LogP contribution in [0.5, 0.6) is 0 Å². The molecule has 1 N–H and O–H groups in total. The summed E-state index contributed by atoms with van der Waals surface area (Å²) in [7, 11) is -3.50. The fourth-order valence-electron chi connectivity index (χ4n) is 2.88. The molecule has 6 heteroatoms. The molecule has 2 unspecified atom stereocenters. The molecule has 0 spiro atoms. The van der Waals surface area contributed by atoms with Crippen LogP contribution in [0.15, 0.2) is 23.2 Å². The largest absolute Gasteiger partial charge is 0.244 e. The normalized spacial score (nSPS) is 28.3. The Morgan fingerprint density at radius 2 is 1.89 bits per heavy atom. The number of sulfonamides is 1. The number of aromatic nitrogens is 1. The number of hydrogen-bond acceptors (Lipinski definition) is 3. The SMILES string of the molecule is CC1CC(C)CC(NS(=O)(=O)c2ccnc(Cl)c2)C1. The molecule has 2 rings (SSSR count). The van der Waals surface area contributed by atoms with Crippen molar-refractivity contribution in [3.05, 3.63) is 23.5 Å². The van der Waals surface area contributed by atoms with Gasteiger partial charge in [0.05, 0.1) is 4.90 Å². The van der Waals surface area contributed by atoms with Gasteiger partial charge in [-0.25, -0.2) is 18.1 Å². The first-order valence-corrected chi connectivity index (χ1v) is 8.37. The topological polar surface area (TPSA) is 59.1 Å². The van der Waals surface area contributed by atoms with Crippen LogP contribution in [-0.4, -0.2) is 19.4 Å². The summed E-state index contributed by atoms with van der Waals surface area (Å²) in [4.78, 5) is 3.98. The molecule has 1 aromatic rings. The Kier molecular flexibility index (Phi) is 4.48. The average molecular weight is 303 g/mol. The van der Waals surface area contributed by atoms with Gasteiger partial charge >= 0.3 is 0 Å². The molecule has 1 saturated carbocycles. The number of pyridine rings is 1. The van der Waals surface area contributed by atoms with Crippen molar-refractivity contribution in [2.24, 2.45) is 11.8 Å². The minimum Gasteiger partial charge on any atom is -0.244 e. The molecule has 1 aliphatic rings. The molecule has 1 aromatic heterocycles. The predicted octanol–water partition coefficient (Wildman–Crippen LogP) is 2.84. The molecule has 0 aliphatic heterocycles. The highest BCUT2D eigenvalue weighted by Crippen LogP contribution is 2.29. The van der Waals surface area contributed by atoms with Crippen LogP contribution in [0.3, 0.4) is 0 Å². The third-order valence-electron chi connectivity index (χ3n) is 3.51. The van der Waals surface area contributed by atoms with Crippen LogP contribution in [0.25, 0.3) is 0 Å². The Hall–Kier alpha value is -0.650. The number of nitrogens with one attached hydrogen (secondary N) is 1. The molecule has 0 bridgehead atoms. The van der Waals surface area contributed by atoms with Gasteiger partial charge in [-0.3, -0.25) is 0 Å². The number of halogens is 1. The quantitative estimate of drug-likeness (QED) is 0.874. The van der Waals surface area contributed by atoms with Gasteiger partial charge in [0.2, 0.25) is 10.0 Å². The van der Waals surface area contributed by atoms with E-state index in [0.29, 0.717) is 11.8 Å². The van der Waals surface area contributed by atoms with Gasteiger partial charge in [-0.1, -0.05) is 25.4 Å². The molecule has 19 heavy (non-hydrogen) atoms. The molecular formula is C13H19ClN2O2S. The Balaban J connectivity index is 2.13. The van der Waals surface area contributed by atoms with Crippen LogP contribution in [0.2, 0.25) is 5.15 Å². The maximum atomic E-state index is 12.3. The van der Waals surface area contributed by atoms with Crippen molar-refractivity contribution in [1.82, 2.24) is 9.71 Å². The standard InChI is InChI=1S/C13H19ClN2O2S/c1-9-5-10(2)7-11(6-9)16-19(17,18)12-3-4-15-13(14)8-12/h3-4,8-11,16H,5-7H2,1-2H3. The molecule has 2 atom stereocenters. The van der Waals surface area contributed by atoms with Crippen molar-refractivity contribution in [2.45, 2.75) is 44.0 Å². The monoisotopic (exact) mass is 302 g/mol. The molecule has 0 saturated heterocycles. The number of hydrogen-bond donors (Lipinski definition) is 1. The second-order valence-electron chi connectivity index (χ2n) is 5.55.